The van der Waals surface area contributed by atoms with E-state index in [1.54, 1.807) is 20.8 Å². The van der Waals surface area contributed by atoms with Crippen molar-refractivity contribution >= 4 is 28.0 Å². The zero-order chi connectivity index (χ0) is 17.6. The minimum Gasteiger partial charge on any atom is -0.481 e. The molecule has 0 aliphatic rings. The summed E-state index contributed by atoms with van der Waals surface area (Å²) in [7, 11) is 0. The number of alkyl carbamates (subject to hydrolysis) is 1. The average molecular weight is 386 g/mol. The van der Waals surface area contributed by atoms with Crippen LogP contribution < -0.4 is 5.32 Å². The Morgan fingerprint density at radius 2 is 2.00 bits per heavy atom. The molecule has 1 aromatic carbocycles. The number of rotatable bonds is 6. The van der Waals surface area contributed by atoms with Crippen molar-refractivity contribution in [3.63, 3.8) is 0 Å². The number of nitrogens with one attached hydrogen (secondary N) is 1. The van der Waals surface area contributed by atoms with E-state index in [0.717, 1.165) is 22.0 Å². The van der Waals surface area contributed by atoms with Crippen LogP contribution in [-0.2, 0) is 21.3 Å². The highest BCUT2D eigenvalue weighted by Gasteiger charge is 2.22. The standard InChI is InChI=1S/C17H24BrNO4/c1-11-5-6-12(10-18)7-13(11)8-14(9-15(20)21)19-16(22)23-17(2,3)4/h5-7,14H,8-10H2,1-4H3,(H,19,22)(H,20,21)/t14-/m0/s1. The number of amides is 1. The summed E-state index contributed by atoms with van der Waals surface area (Å²) in [6, 6.07) is 5.51. The normalized spacial score (nSPS) is 12.6. The maximum Gasteiger partial charge on any atom is 0.407 e. The number of ether oxygens (including phenoxy) is 1. The fourth-order valence-corrected chi connectivity index (χ4v) is 2.50. The number of halogens is 1. The Balaban J connectivity index is 2.86. The van der Waals surface area contributed by atoms with E-state index in [1.165, 1.54) is 0 Å². The third-order valence-corrected chi connectivity index (χ3v) is 3.82. The maximum absolute atomic E-state index is 11.9. The monoisotopic (exact) mass is 385 g/mol. The van der Waals surface area contributed by atoms with Crippen LogP contribution in [0, 0.1) is 6.92 Å². The Bertz CT molecular complexity index is 566. The average Bonchev–Trinajstić information content (AvgIpc) is 2.38. The lowest BCUT2D eigenvalue weighted by Crippen LogP contribution is -2.41. The van der Waals surface area contributed by atoms with Gasteiger partial charge in [0.25, 0.3) is 0 Å². The second kappa shape index (κ2) is 8.34. The summed E-state index contributed by atoms with van der Waals surface area (Å²) in [5, 5.41) is 12.5. The second-order valence-corrected chi connectivity index (χ2v) is 7.10. The van der Waals surface area contributed by atoms with Crippen LogP contribution in [0.15, 0.2) is 18.2 Å². The molecule has 1 aromatic rings. The molecular weight excluding hydrogens is 362 g/mol. The number of carbonyl (C=O) groups is 2. The van der Waals surface area contributed by atoms with Crippen LogP contribution in [0.4, 0.5) is 4.79 Å². The molecular formula is C17H24BrNO4. The summed E-state index contributed by atoms with van der Waals surface area (Å²) in [6.45, 7) is 7.27. The summed E-state index contributed by atoms with van der Waals surface area (Å²) < 4.78 is 5.21. The third kappa shape index (κ3) is 7.50. The van der Waals surface area contributed by atoms with Gasteiger partial charge < -0.3 is 15.2 Å². The van der Waals surface area contributed by atoms with Crippen LogP contribution in [0.2, 0.25) is 0 Å². The van der Waals surface area contributed by atoms with Crippen LogP contribution in [0.5, 0.6) is 0 Å². The molecule has 0 saturated carbocycles. The highest BCUT2D eigenvalue weighted by molar-refractivity contribution is 9.08. The first kappa shape index (κ1) is 19.5. The number of carboxylic acids is 1. The van der Waals surface area contributed by atoms with Crippen LogP contribution >= 0.6 is 15.9 Å². The molecule has 0 aliphatic carbocycles. The van der Waals surface area contributed by atoms with Crippen molar-refractivity contribution in [2.75, 3.05) is 0 Å². The van der Waals surface area contributed by atoms with Crippen LogP contribution in [0.1, 0.15) is 43.9 Å². The van der Waals surface area contributed by atoms with Crippen LogP contribution in [-0.4, -0.2) is 28.8 Å². The Kier molecular flexibility index (Phi) is 7.06. The van der Waals surface area contributed by atoms with Gasteiger partial charge in [-0.05, 0) is 50.8 Å². The third-order valence-electron chi connectivity index (χ3n) is 3.18. The molecule has 6 heteroatoms. The minimum atomic E-state index is -0.958. The number of carbonyl (C=O) groups excluding carboxylic acids is 1. The van der Waals surface area contributed by atoms with Crippen molar-refractivity contribution < 1.29 is 19.4 Å². The van der Waals surface area contributed by atoms with Crippen molar-refractivity contribution in [3.05, 3.63) is 34.9 Å². The van der Waals surface area contributed by atoms with Gasteiger partial charge in [-0.2, -0.15) is 0 Å². The molecule has 5 nitrogen and oxygen atoms in total. The molecule has 0 spiro atoms. The molecule has 0 bridgehead atoms. The topological polar surface area (TPSA) is 75.6 Å². The van der Waals surface area contributed by atoms with E-state index in [1.807, 2.05) is 25.1 Å². The smallest absolute Gasteiger partial charge is 0.407 e. The Labute approximate surface area is 145 Å². The first-order valence-corrected chi connectivity index (χ1v) is 8.58. The Hall–Kier alpha value is -1.56. The first-order chi connectivity index (χ1) is 10.6. The van der Waals surface area contributed by atoms with Crippen molar-refractivity contribution in [1.29, 1.82) is 0 Å². The molecule has 0 fully saturated rings. The summed E-state index contributed by atoms with van der Waals surface area (Å²) in [5.41, 5.74) is 2.57. The van der Waals surface area contributed by atoms with Gasteiger partial charge in [0.05, 0.1) is 6.42 Å². The van der Waals surface area contributed by atoms with Gasteiger partial charge >= 0.3 is 12.1 Å². The van der Waals surface area contributed by atoms with Crippen molar-refractivity contribution in [3.8, 4) is 0 Å². The molecule has 1 atom stereocenters. The summed E-state index contributed by atoms with van der Waals surface area (Å²) in [4.78, 5) is 23.0. The molecule has 128 valence electrons. The molecule has 0 unspecified atom stereocenters. The molecule has 0 aliphatic heterocycles. The van der Waals surface area contributed by atoms with E-state index in [4.69, 9.17) is 9.84 Å². The van der Waals surface area contributed by atoms with Crippen LogP contribution in [0.3, 0.4) is 0 Å². The van der Waals surface area contributed by atoms with Gasteiger partial charge in [-0.25, -0.2) is 4.79 Å². The Morgan fingerprint density at radius 1 is 1.35 bits per heavy atom. The molecule has 0 saturated heterocycles. The fraction of sp³-hybridized carbons (Fsp3) is 0.529. The van der Waals surface area contributed by atoms with E-state index >= 15 is 0 Å². The molecule has 0 radical (unpaired) electrons. The lowest BCUT2D eigenvalue weighted by molar-refractivity contribution is -0.137. The van der Waals surface area contributed by atoms with Gasteiger partial charge in [0.2, 0.25) is 0 Å². The van der Waals surface area contributed by atoms with Crippen molar-refractivity contribution in [1.82, 2.24) is 5.32 Å². The molecule has 1 rings (SSSR count). The number of benzene rings is 1. The predicted molar refractivity (Wildman–Crippen MR) is 92.9 cm³/mol. The summed E-state index contributed by atoms with van der Waals surface area (Å²) in [6.07, 6.45) is -0.312. The Morgan fingerprint density at radius 3 is 2.52 bits per heavy atom. The molecule has 2 N–H and O–H groups in total. The summed E-state index contributed by atoms with van der Waals surface area (Å²) in [5.74, 6) is -0.958. The highest BCUT2D eigenvalue weighted by atomic mass is 79.9. The molecule has 1 amide bonds. The van der Waals surface area contributed by atoms with E-state index in [-0.39, 0.29) is 6.42 Å². The minimum absolute atomic E-state index is 0.156. The van der Waals surface area contributed by atoms with Gasteiger partial charge in [-0.1, -0.05) is 34.1 Å². The summed E-state index contributed by atoms with van der Waals surface area (Å²) >= 11 is 3.41. The SMILES string of the molecule is Cc1ccc(CBr)cc1C[C@@H](CC(=O)O)NC(=O)OC(C)(C)C. The number of aliphatic carboxylic acids is 1. The molecule has 23 heavy (non-hydrogen) atoms. The van der Waals surface area contributed by atoms with Crippen molar-refractivity contribution in [2.24, 2.45) is 0 Å². The number of aryl methyl sites for hydroxylation is 1. The van der Waals surface area contributed by atoms with E-state index < -0.39 is 23.7 Å². The van der Waals surface area contributed by atoms with Gasteiger partial charge in [0.15, 0.2) is 0 Å². The zero-order valence-electron chi connectivity index (χ0n) is 14.0. The lowest BCUT2D eigenvalue weighted by Gasteiger charge is -2.23. The fourth-order valence-electron chi connectivity index (χ4n) is 2.15. The quantitative estimate of drug-likeness (QED) is 0.730. The van der Waals surface area contributed by atoms with E-state index in [0.29, 0.717) is 6.42 Å². The number of hydrogen-bond donors (Lipinski definition) is 2. The highest BCUT2D eigenvalue weighted by Crippen LogP contribution is 2.17. The number of hydrogen-bond acceptors (Lipinski definition) is 3. The molecule has 0 heterocycles. The predicted octanol–water partition coefficient (Wildman–Crippen LogP) is 3.80. The first-order valence-electron chi connectivity index (χ1n) is 7.46. The van der Waals surface area contributed by atoms with Gasteiger partial charge in [0.1, 0.15) is 5.60 Å². The van der Waals surface area contributed by atoms with Crippen molar-refractivity contribution in [2.45, 2.75) is 57.5 Å². The van der Waals surface area contributed by atoms with Gasteiger partial charge in [-0.15, -0.1) is 0 Å². The second-order valence-electron chi connectivity index (χ2n) is 6.54. The zero-order valence-corrected chi connectivity index (χ0v) is 15.6. The van der Waals surface area contributed by atoms with Gasteiger partial charge in [-0.3, -0.25) is 4.79 Å². The molecule has 0 aromatic heterocycles. The maximum atomic E-state index is 11.9. The number of alkyl halides is 1. The van der Waals surface area contributed by atoms with Gasteiger partial charge in [0, 0.05) is 11.4 Å². The number of carboxylic acid groups (broad SMARTS) is 1. The lowest BCUT2D eigenvalue weighted by atomic mass is 9.97. The van der Waals surface area contributed by atoms with Crippen LogP contribution in [0.25, 0.3) is 0 Å². The largest absolute Gasteiger partial charge is 0.481 e. The van der Waals surface area contributed by atoms with E-state index in [9.17, 15) is 9.59 Å². The van der Waals surface area contributed by atoms with E-state index in [2.05, 4.69) is 21.2 Å².